The van der Waals surface area contributed by atoms with Crippen LogP contribution in [-0.2, 0) is 4.79 Å². The summed E-state index contributed by atoms with van der Waals surface area (Å²) in [6.45, 7) is 4.16. The summed E-state index contributed by atoms with van der Waals surface area (Å²) in [7, 11) is 0. The number of rotatable bonds is 45. The van der Waals surface area contributed by atoms with Gasteiger partial charge in [0, 0.05) is 6.42 Å². The highest BCUT2D eigenvalue weighted by molar-refractivity contribution is 5.76. The Balaban J connectivity index is 3.44. The summed E-state index contributed by atoms with van der Waals surface area (Å²) in [5.74, 6) is -0.0743. The Morgan fingerprint density at radius 2 is 0.776 bits per heavy atom. The molecule has 0 aliphatic carbocycles. The van der Waals surface area contributed by atoms with Crippen molar-refractivity contribution in [3.63, 3.8) is 0 Å². The predicted molar refractivity (Wildman–Crippen MR) is 257 cm³/mol. The number of hydrogen-bond acceptors (Lipinski definition) is 3. The highest BCUT2D eigenvalue weighted by atomic mass is 16.3. The van der Waals surface area contributed by atoms with Gasteiger partial charge in [-0.05, 0) is 70.6 Å². The van der Waals surface area contributed by atoms with E-state index in [2.05, 4.69) is 79.9 Å². The first kappa shape index (κ1) is 55.8. The normalized spacial score (nSPS) is 13.5. The van der Waals surface area contributed by atoms with Crippen molar-refractivity contribution in [1.82, 2.24) is 5.32 Å². The summed E-state index contributed by atoms with van der Waals surface area (Å²) in [4.78, 5) is 12.4. The monoisotopic (exact) mass is 808 g/mol. The predicted octanol–water partition coefficient (Wildman–Crippen LogP) is 16.2. The van der Waals surface area contributed by atoms with Crippen LogP contribution in [0.3, 0.4) is 0 Å². The van der Waals surface area contributed by atoms with Crippen LogP contribution in [0.5, 0.6) is 0 Å². The number of carbonyl (C=O) groups is 1. The Hall–Kier alpha value is -2.17. The van der Waals surface area contributed by atoms with Crippen LogP contribution >= 0.6 is 0 Å². The lowest BCUT2D eigenvalue weighted by Crippen LogP contribution is -2.45. The summed E-state index contributed by atoms with van der Waals surface area (Å²) in [6, 6.07) is -0.638. The maximum atomic E-state index is 12.4. The van der Waals surface area contributed by atoms with Crippen molar-refractivity contribution in [2.45, 2.75) is 257 Å². The van der Waals surface area contributed by atoms with Crippen molar-refractivity contribution >= 4 is 5.91 Å². The van der Waals surface area contributed by atoms with Crippen LogP contribution in [0.1, 0.15) is 245 Å². The van der Waals surface area contributed by atoms with Gasteiger partial charge in [0.25, 0.3) is 0 Å². The zero-order valence-corrected chi connectivity index (χ0v) is 38.5. The molecule has 1 amide bonds. The van der Waals surface area contributed by atoms with Gasteiger partial charge in [0.1, 0.15) is 0 Å². The second-order valence-electron chi connectivity index (χ2n) is 16.8. The van der Waals surface area contributed by atoms with Crippen molar-refractivity contribution in [3.05, 3.63) is 72.9 Å². The van der Waals surface area contributed by atoms with Crippen molar-refractivity contribution in [1.29, 1.82) is 0 Å². The minimum atomic E-state index is -0.861. The third kappa shape index (κ3) is 44.9. The van der Waals surface area contributed by atoms with E-state index in [-0.39, 0.29) is 12.5 Å². The van der Waals surface area contributed by atoms with Gasteiger partial charge in [0.15, 0.2) is 0 Å². The number of amides is 1. The molecule has 0 aromatic carbocycles. The van der Waals surface area contributed by atoms with Gasteiger partial charge in [0.05, 0.1) is 18.8 Å². The van der Waals surface area contributed by atoms with E-state index >= 15 is 0 Å². The summed E-state index contributed by atoms with van der Waals surface area (Å²) < 4.78 is 0. The van der Waals surface area contributed by atoms with Crippen LogP contribution in [0, 0.1) is 0 Å². The van der Waals surface area contributed by atoms with E-state index in [1.54, 1.807) is 6.08 Å². The first-order valence-corrected chi connectivity index (χ1v) is 25.2. The van der Waals surface area contributed by atoms with Gasteiger partial charge in [-0.3, -0.25) is 4.79 Å². The average Bonchev–Trinajstić information content (AvgIpc) is 3.23. The molecule has 4 nitrogen and oxygen atoms in total. The van der Waals surface area contributed by atoms with Gasteiger partial charge in [-0.1, -0.05) is 241 Å². The molecule has 2 atom stereocenters. The number of aliphatic hydroxyl groups excluding tert-OH is 2. The maximum Gasteiger partial charge on any atom is 0.220 e. The zero-order chi connectivity index (χ0) is 42.1. The molecule has 0 bridgehead atoms. The van der Waals surface area contributed by atoms with E-state index in [0.29, 0.717) is 6.42 Å². The second kappa shape index (κ2) is 49.2. The Bertz CT molecular complexity index is 1010. The molecule has 0 aromatic heterocycles. The highest BCUT2D eigenvalue weighted by Gasteiger charge is 2.17. The lowest BCUT2D eigenvalue weighted by molar-refractivity contribution is -0.123. The maximum absolute atomic E-state index is 12.4. The largest absolute Gasteiger partial charge is 0.394 e. The molecule has 2 unspecified atom stereocenters. The van der Waals surface area contributed by atoms with Crippen molar-refractivity contribution in [2.24, 2.45) is 0 Å². The van der Waals surface area contributed by atoms with E-state index in [1.165, 1.54) is 167 Å². The molecule has 0 radical (unpaired) electrons. The average molecular weight is 808 g/mol. The molecule has 0 saturated heterocycles. The molecule has 0 aliphatic rings. The molecule has 3 N–H and O–H groups in total. The molecule has 336 valence electrons. The fourth-order valence-corrected chi connectivity index (χ4v) is 7.36. The first-order chi connectivity index (χ1) is 28.7. The Morgan fingerprint density at radius 1 is 0.431 bits per heavy atom. The molecule has 0 heterocycles. The Labute approximate surface area is 361 Å². The topological polar surface area (TPSA) is 69.6 Å². The zero-order valence-electron chi connectivity index (χ0n) is 38.5. The van der Waals surface area contributed by atoms with Crippen LogP contribution in [0.25, 0.3) is 0 Å². The standard InChI is InChI=1S/C54H97NO3/c1-3-5-7-9-11-13-15-16-17-18-19-20-21-22-23-24-25-26-27-28-29-30-31-32-33-34-35-36-37-38-40-42-44-46-48-50-54(58)55-52(51-56)53(57)49-47-45-43-41-39-14-12-10-8-6-4-2/h5,7,11,13,16-17,19-20,39,41,47,49,52-53,56-57H,3-4,6,8-10,12,14-15,18,21-38,40,42-46,48,50-51H2,1-2H3,(H,55,58)/b7-5-,13-11-,17-16-,20-19-,41-39+,49-47+. The van der Waals surface area contributed by atoms with Crippen LogP contribution in [0.2, 0.25) is 0 Å². The van der Waals surface area contributed by atoms with Gasteiger partial charge in [-0.25, -0.2) is 0 Å². The summed E-state index contributed by atoms with van der Waals surface area (Å²) in [5.41, 5.74) is 0. The minimum Gasteiger partial charge on any atom is -0.394 e. The molecular formula is C54H97NO3. The van der Waals surface area contributed by atoms with Crippen molar-refractivity contribution in [3.8, 4) is 0 Å². The van der Waals surface area contributed by atoms with Gasteiger partial charge in [-0.15, -0.1) is 0 Å². The van der Waals surface area contributed by atoms with E-state index in [4.69, 9.17) is 0 Å². The van der Waals surface area contributed by atoms with E-state index in [9.17, 15) is 15.0 Å². The van der Waals surface area contributed by atoms with Crippen LogP contribution in [-0.4, -0.2) is 34.9 Å². The van der Waals surface area contributed by atoms with Gasteiger partial charge in [-0.2, -0.15) is 0 Å². The fraction of sp³-hybridized carbons (Fsp3) is 0.759. The van der Waals surface area contributed by atoms with E-state index < -0.39 is 12.1 Å². The molecule has 0 spiro atoms. The summed E-state index contributed by atoms with van der Waals surface area (Å²) >= 11 is 0. The van der Waals surface area contributed by atoms with Crippen molar-refractivity contribution in [2.75, 3.05) is 6.61 Å². The molecule has 0 aromatic rings. The molecule has 0 saturated carbocycles. The smallest absolute Gasteiger partial charge is 0.220 e. The van der Waals surface area contributed by atoms with Gasteiger partial charge >= 0.3 is 0 Å². The third-order valence-corrected chi connectivity index (χ3v) is 11.2. The lowest BCUT2D eigenvalue weighted by Gasteiger charge is -2.19. The Morgan fingerprint density at radius 3 is 1.21 bits per heavy atom. The van der Waals surface area contributed by atoms with E-state index in [1.807, 2.05) is 6.08 Å². The SMILES string of the molecule is CC/C=C\C/C=C\C/C=C\C/C=C\CCCCCCCCCCCCCCCCCCCCCCCCC(=O)NC(CO)C(O)/C=C/CC/C=C/CCCCCCC. The van der Waals surface area contributed by atoms with Crippen molar-refractivity contribution < 1.29 is 15.0 Å². The Kier molecular flexibility index (Phi) is 47.4. The molecule has 58 heavy (non-hydrogen) atoms. The highest BCUT2D eigenvalue weighted by Crippen LogP contribution is 2.16. The lowest BCUT2D eigenvalue weighted by atomic mass is 10.0. The molecule has 0 fully saturated rings. The first-order valence-electron chi connectivity index (χ1n) is 25.2. The minimum absolute atomic E-state index is 0.0743. The third-order valence-electron chi connectivity index (χ3n) is 11.2. The summed E-state index contributed by atoms with van der Waals surface area (Å²) in [6.07, 6.45) is 70.6. The van der Waals surface area contributed by atoms with Gasteiger partial charge < -0.3 is 15.5 Å². The van der Waals surface area contributed by atoms with E-state index in [0.717, 1.165) is 57.8 Å². The number of unbranched alkanes of at least 4 members (excludes halogenated alkanes) is 28. The quantitative estimate of drug-likeness (QED) is 0.0424. The van der Waals surface area contributed by atoms with Gasteiger partial charge in [0.2, 0.25) is 5.91 Å². The molecule has 0 rings (SSSR count). The molecular weight excluding hydrogens is 711 g/mol. The van der Waals surface area contributed by atoms with Crippen LogP contribution in [0.4, 0.5) is 0 Å². The number of carbonyl (C=O) groups excluding carboxylic acids is 1. The number of allylic oxidation sites excluding steroid dienone is 11. The second-order valence-corrected chi connectivity index (χ2v) is 16.8. The van der Waals surface area contributed by atoms with Crippen LogP contribution in [0.15, 0.2) is 72.9 Å². The number of hydrogen-bond donors (Lipinski definition) is 3. The number of nitrogens with one attached hydrogen (secondary N) is 1. The fourth-order valence-electron chi connectivity index (χ4n) is 7.36. The molecule has 4 heteroatoms. The number of aliphatic hydroxyl groups is 2. The molecule has 0 aliphatic heterocycles. The van der Waals surface area contributed by atoms with Crippen LogP contribution < -0.4 is 5.32 Å². The summed E-state index contributed by atoms with van der Waals surface area (Å²) in [5, 5.41) is 22.9.